The smallest absolute Gasteiger partial charge is 0.415 e. The number of rotatable bonds is 4. The van der Waals surface area contributed by atoms with Crippen LogP contribution in [0.2, 0.25) is 0 Å². The summed E-state index contributed by atoms with van der Waals surface area (Å²) in [5.41, 5.74) is 10.1. The first-order valence-corrected chi connectivity index (χ1v) is 11.5. The van der Waals surface area contributed by atoms with Crippen molar-refractivity contribution in [3.63, 3.8) is 0 Å². The van der Waals surface area contributed by atoms with Gasteiger partial charge in [0.15, 0.2) is 11.5 Å². The van der Waals surface area contributed by atoms with Crippen LogP contribution in [0.5, 0.6) is 17.4 Å². The molecule has 1 fully saturated rings. The number of morpholine rings is 1. The van der Waals surface area contributed by atoms with Crippen LogP contribution in [0.3, 0.4) is 0 Å². The lowest BCUT2D eigenvalue weighted by molar-refractivity contribution is 0.0412. The fraction of sp³-hybridized carbons (Fsp3) is 0.269. The molecular formula is C26H25N5O5. The fourth-order valence-corrected chi connectivity index (χ4v) is 4.42. The van der Waals surface area contributed by atoms with Crippen molar-refractivity contribution in [2.75, 3.05) is 33.4 Å². The minimum atomic E-state index is -0.726. The summed E-state index contributed by atoms with van der Waals surface area (Å²) in [6, 6.07) is 15.3. The Kier molecular flexibility index (Phi) is 6.23. The number of ether oxygens (including phenoxy) is 4. The number of para-hydroxylation sites is 1. The standard InChI is InChI=1S/C26H25N5O5/c1-15-6-8-16(9-7-15)22-21-20(18(14-27)24(28)36-25(21)30-29-22)17-4-3-5-19(33-2)23(17)35-26(32)31-10-12-34-13-11-31/h3-9,20H,10-13,28H2,1-2H3,(H,29,30)/t20-/m1/s1. The Hall–Kier alpha value is -4.49. The largest absolute Gasteiger partial charge is 0.493 e. The van der Waals surface area contributed by atoms with Crippen LogP contribution in [0, 0.1) is 18.3 Å². The van der Waals surface area contributed by atoms with Gasteiger partial charge in [-0.05, 0) is 13.0 Å². The maximum atomic E-state index is 13.0. The number of methoxy groups -OCH3 is 1. The van der Waals surface area contributed by atoms with Gasteiger partial charge in [-0.25, -0.2) is 4.79 Å². The lowest BCUT2D eigenvalue weighted by Crippen LogP contribution is -2.42. The second-order valence-corrected chi connectivity index (χ2v) is 8.45. The number of fused-ring (bicyclic) bond motifs is 1. The van der Waals surface area contributed by atoms with Gasteiger partial charge >= 0.3 is 6.09 Å². The van der Waals surface area contributed by atoms with E-state index < -0.39 is 12.0 Å². The summed E-state index contributed by atoms with van der Waals surface area (Å²) in [4.78, 5) is 14.6. The predicted molar refractivity (Wildman–Crippen MR) is 129 cm³/mol. The van der Waals surface area contributed by atoms with Gasteiger partial charge in [-0.1, -0.05) is 42.0 Å². The average Bonchev–Trinajstić information content (AvgIpc) is 3.32. The van der Waals surface area contributed by atoms with Crippen LogP contribution in [-0.4, -0.2) is 54.6 Å². The summed E-state index contributed by atoms with van der Waals surface area (Å²) in [6.07, 6.45) is -0.530. The van der Waals surface area contributed by atoms with Crippen LogP contribution in [0.4, 0.5) is 4.79 Å². The van der Waals surface area contributed by atoms with Gasteiger partial charge in [-0.15, -0.1) is 5.10 Å². The number of nitrogens with two attached hydrogens (primary N) is 1. The summed E-state index contributed by atoms with van der Waals surface area (Å²) >= 11 is 0. The third kappa shape index (κ3) is 4.10. The van der Waals surface area contributed by atoms with E-state index in [2.05, 4.69) is 16.3 Å². The zero-order valence-corrected chi connectivity index (χ0v) is 19.9. The highest BCUT2D eigenvalue weighted by molar-refractivity contribution is 5.76. The fourth-order valence-electron chi connectivity index (χ4n) is 4.42. The number of carbonyl (C=O) groups is 1. The van der Waals surface area contributed by atoms with Gasteiger partial charge in [0, 0.05) is 24.2 Å². The molecule has 3 N–H and O–H groups in total. The van der Waals surface area contributed by atoms with Gasteiger partial charge in [0.05, 0.1) is 37.5 Å². The quantitative estimate of drug-likeness (QED) is 0.571. The number of carbonyl (C=O) groups excluding carboxylic acids is 1. The van der Waals surface area contributed by atoms with E-state index in [0.29, 0.717) is 48.9 Å². The van der Waals surface area contributed by atoms with Gasteiger partial charge in [-0.2, -0.15) is 5.26 Å². The first kappa shape index (κ1) is 23.3. The molecule has 0 unspecified atom stereocenters. The molecule has 1 amide bonds. The van der Waals surface area contributed by atoms with E-state index in [9.17, 15) is 10.1 Å². The number of nitrogens with one attached hydrogen (secondary N) is 1. The van der Waals surface area contributed by atoms with Gasteiger partial charge in [0.2, 0.25) is 11.8 Å². The SMILES string of the molecule is COc1cccc([C@@H]2C(C#N)=C(N)Oc3n[nH]c(-c4ccc(C)cc4)c32)c1OC(=O)N1CCOCC1. The zero-order chi connectivity index (χ0) is 25.2. The maximum absolute atomic E-state index is 13.0. The number of nitriles is 1. The van der Waals surface area contributed by atoms with Crippen LogP contribution in [0.15, 0.2) is 53.9 Å². The molecule has 2 aliphatic rings. The van der Waals surface area contributed by atoms with E-state index in [1.807, 2.05) is 31.2 Å². The summed E-state index contributed by atoms with van der Waals surface area (Å²) < 4.78 is 22.5. The summed E-state index contributed by atoms with van der Waals surface area (Å²) in [6.45, 7) is 3.70. The molecule has 2 aromatic carbocycles. The average molecular weight is 488 g/mol. The molecule has 2 aliphatic heterocycles. The van der Waals surface area contributed by atoms with Crippen LogP contribution >= 0.6 is 0 Å². The third-order valence-electron chi connectivity index (χ3n) is 6.28. The molecule has 36 heavy (non-hydrogen) atoms. The number of H-pyrrole nitrogens is 1. The first-order valence-electron chi connectivity index (χ1n) is 11.5. The lowest BCUT2D eigenvalue weighted by Gasteiger charge is -2.28. The number of nitrogens with zero attached hydrogens (tertiary/aromatic N) is 3. The van der Waals surface area contributed by atoms with Gasteiger partial charge in [-0.3, -0.25) is 5.10 Å². The number of aromatic nitrogens is 2. The van der Waals surface area contributed by atoms with E-state index in [4.69, 9.17) is 24.7 Å². The molecule has 0 saturated carbocycles. The number of amides is 1. The van der Waals surface area contributed by atoms with Crippen molar-refractivity contribution in [1.29, 1.82) is 5.26 Å². The van der Waals surface area contributed by atoms with E-state index in [1.165, 1.54) is 7.11 Å². The Morgan fingerprint density at radius 2 is 1.97 bits per heavy atom. The van der Waals surface area contributed by atoms with Crippen molar-refractivity contribution in [3.05, 3.63) is 70.6 Å². The number of hydrogen-bond donors (Lipinski definition) is 2. The van der Waals surface area contributed by atoms with Crippen molar-refractivity contribution < 1.29 is 23.7 Å². The van der Waals surface area contributed by atoms with Crippen molar-refractivity contribution >= 4 is 6.09 Å². The number of hydrogen-bond acceptors (Lipinski definition) is 8. The van der Waals surface area contributed by atoms with Crippen LogP contribution in [0.25, 0.3) is 11.3 Å². The Bertz CT molecular complexity index is 1370. The molecule has 10 nitrogen and oxygen atoms in total. The van der Waals surface area contributed by atoms with Crippen molar-refractivity contribution in [3.8, 4) is 34.7 Å². The highest BCUT2D eigenvalue weighted by Gasteiger charge is 2.38. The van der Waals surface area contributed by atoms with Gasteiger partial charge in [0.25, 0.3) is 0 Å². The first-order chi connectivity index (χ1) is 17.5. The summed E-state index contributed by atoms with van der Waals surface area (Å²) in [5, 5.41) is 17.5. The number of aromatic amines is 1. The predicted octanol–water partition coefficient (Wildman–Crippen LogP) is 3.44. The summed E-state index contributed by atoms with van der Waals surface area (Å²) in [7, 11) is 1.49. The van der Waals surface area contributed by atoms with E-state index in [-0.39, 0.29) is 23.1 Å². The van der Waals surface area contributed by atoms with E-state index in [1.54, 1.807) is 23.1 Å². The zero-order valence-electron chi connectivity index (χ0n) is 19.9. The molecule has 5 rings (SSSR count). The normalized spacial score (nSPS) is 17.1. The highest BCUT2D eigenvalue weighted by Crippen LogP contribution is 2.49. The molecule has 0 radical (unpaired) electrons. The van der Waals surface area contributed by atoms with Crippen LogP contribution < -0.4 is 19.9 Å². The van der Waals surface area contributed by atoms with E-state index in [0.717, 1.165) is 11.1 Å². The van der Waals surface area contributed by atoms with Crippen molar-refractivity contribution in [2.45, 2.75) is 12.8 Å². The van der Waals surface area contributed by atoms with Crippen LogP contribution in [0.1, 0.15) is 22.6 Å². The van der Waals surface area contributed by atoms with Crippen LogP contribution in [-0.2, 0) is 4.74 Å². The van der Waals surface area contributed by atoms with E-state index >= 15 is 0 Å². The Morgan fingerprint density at radius 1 is 1.22 bits per heavy atom. The number of aryl methyl sites for hydroxylation is 1. The molecule has 0 bridgehead atoms. The monoisotopic (exact) mass is 487 g/mol. The molecule has 10 heteroatoms. The highest BCUT2D eigenvalue weighted by atomic mass is 16.6. The Balaban J connectivity index is 1.66. The Labute approximate surface area is 207 Å². The van der Waals surface area contributed by atoms with Crippen molar-refractivity contribution in [2.24, 2.45) is 5.73 Å². The molecule has 0 aliphatic carbocycles. The summed E-state index contributed by atoms with van der Waals surface area (Å²) in [5.74, 6) is 0.00585. The van der Waals surface area contributed by atoms with Gasteiger partial charge < -0.3 is 29.6 Å². The molecule has 1 aromatic heterocycles. The molecule has 1 atom stereocenters. The maximum Gasteiger partial charge on any atom is 0.415 e. The number of allylic oxidation sites excluding steroid dienone is 1. The topological polar surface area (TPSA) is 136 Å². The minimum Gasteiger partial charge on any atom is -0.493 e. The molecule has 1 saturated heterocycles. The molecule has 3 aromatic rings. The molecule has 0 spiro atoms. The lowest BCUT2D eigenvalue weighted by atomic mass is 9.82. The molecule has 3 heterocycles. The minimum absolute atomic E-state index is 0.0646. The molecule has 184 valence electrons. The Morgan fingerprint density at radius 3 is 2.67 bits per heavy atom. The second-order valence-electron chi connectivity index (χ2n) is 8.45. The molecular weight excluding hydrogens is 462 g/mol. The van der Waals surface area contributed by atoms with Gasteiger partial charge in [0.1, 0.15) is 11.6 Å². The second kappa shape index (κ2) is 9.64. The number of benzene rings is 2. The third-order valence-corrected chi connectivity index (χ3v) is 6.28. The van der Waals surface area contributed by atoms with Crippen molar-refractivity contribution in [1.82, 2.24) is 15.1 Å².